The van der Waals surface area contributed by atoms with Crippen LogP contribution in [0.25, 0.3) is 0 Å². The van der Waals surface area contributed by atoms with E-state index >= 15 is 0 Å². The number of carbonyl (C=O) groups excluding carboxylic acids is 1. The van der Waals surface area contributed by atoms with Gasteiger partial charge in [-0.3, -0.25) is 0 Å². The van der Waals surface area contributed by atoms with Gasteiger partial charge < -0.3 is 15.4 Å². The summed E-state index contributed by atoms with van der Waals surface area (Å²) in [7, 11) is 0. The topological polar surface area (TPSA) is 50.4 Å². The van der Waals surface area contributed by atoms with Gasteiger partial charge in [-0.2, -0.15) is 0 Å². The number of ether oxygens (including phenoxy) is 1. The summed E-state index contributed by atoms with van der Waals surface area (Å²) < 4.78 is 5.23. The molecular formula is C9H16N2O2. The Morgan fingerprint density at radius 3 is 2.85 bits per heavy atom. The first-order valence-electron chi connectivity index (χ1n) is 5.02. The molecule has 1 aliphatic carbocycles. The molecule has 0 unspecified atom stereocenters. The lowest BCUT2D eigenvalue weighted by Crippen LogP contribution is -2.39. The molecule has 2 fully saturated rings. The first-order chi connectivity index (χ1) is 6.34. The summed E-state index contributed by atoms with van der Waals surface area (Å²) in [5.41, 5.74) is 0. The fourth-order valence-corrected chi connectivity index (χ4v) is 1.50. The molecule has 1 saturated heterocycles. The molecule has 0 bridgehead atoms. The molecular weight excluding hydrogens is 168 g/mol. The van der Waals surface area contributed by atoms with Crippen LogP contribution >= 0.6 is 0 Å². The SMILES string of the molecule is O=C(NC1CC1)O[C@H]1CCCNC1. The van der Waals surface area contributed by atoms with Crippen LogP contribution < -0.4 is 10.6 Å². The number of hydrogen-bond acceptors (Lipinski definition) is 3. The second kappa shape index (κ2) is 3.96. The van der Waals surface area contributed by atoms with Crippen molar-refractivity contribution in [2.24, 2.45) is 0 Å². The normalized spacial score (nSPS) is 28.2. The number of carbonyl (C=O) groups is 1. The van der Waals surface area contributed by atoms with Crippen LogP contribution in [0.3, 0.4) is 0 Å². The Bertz CT molecular complexity index is 186. The molecule has 0 aromatic rings. The van der Waals surface area contributed by atoms with Crippen molar-refractivity contribution < 1.29 is 9.53 Å². The average Bonchev–Trinajstić information content (AvgIpc) is 2.90. The highest BCUT2D eigenvalue weighted by molar-refractivity contribution is 5.68. The summed E-state index contributed by atoms with van der Waals surface area (Å²) in [6, 6.07) is 0.393. The van der Waals surface area contributed by atoms with Crippen LogP contribution in [0.2, 0.25) is 0 Å². The third-order valence-corrected chi connectivity index (χ3v) is 2.42. The minimum absolute atomic E-state index is 0.0764. The lowest BCUT2D eigenvalue weighted by Gasteiger charge is -2.22. The highest BCUT2D eigenvalue weighted by Gasteiger charge is 2.25. The zero-order valence-corrected chi connectivity index (χ0v) is 7.71. The third kappa shape index (κ3) is 2.88. The predicted octanol–water partition coefficient (Wildman–Crippen LogP) is 0.627. The number of amides is 1. The van der Waals surface area contributed by atoms with Gasteiger partial charge in [0.2, 0.25) is 0 Å². The van der Waals surface area contributed by atoms with Crippen molar-refractivity contribution in [2.45, 2.75) is 37.8 Å². The molecule has 13 heavy (non-hydrogen) atoms. The smallest absolute Gasteiger partial charge is 0.407 e. The van der Waals surface area contributed by atoms with Crippen molar-refractivity contribution in [1.29, 1.82) is 0 Å². The standard InChI is InChI=1S/C9H16N2O2/c12-9(11-7-3-4-7)13-8-2-1-5-10-6-8/h7-8,10H,1-6H2,(H,11,12)/t8-/m0/s1. The molecule has 1 heterocycles. The molecule has 1 saturated carbocycles. The average molecular weight is 184 g/mol. The Labute approximate surface area is 78.0 Å². The lowest BCUT2D eigenvalue weighted by atomic mass is 10.1. The van der Waals surface area contributed by atoms with Gasteiger partial charge in [-0.15, -0.1) is 0 Å². The third-order valence-electron chi connectivity index (χ3n) is 2.42. The molecule has 2 N–H and O–H groups in total. The van der Waals surface area contributed by atoms with Gasteiger partial charge in [0.05, 0.1) is 0 Å². The second-order valence-corrected chi connectivity index (χ2v) is 3.79. The Balaban J connectivity index is 1.66. The van der Waals surface area contributed by atoms with Crippen LogP contribution in [0, 0.1) is 0 Å². The number of alkyl carbamates (subject to hydrolysis) is 1. The fourth-order valence-electron chi connectivity index (χ4n) is 1.50. The summed E-state index contributed by atoms with van der Waals surface area (Å²) in [6.45, 7) is 1.85. The van der Waals surface area contributed by atoms with E-state index in [1.54, 1.807) is 0 Å². The Morgan fingerprint density at radius 2 is 2.23 bits per heavy atom. The van der Waals surface area contributed by atoms with E-state index in [1.807, 2.05) is 0 Å². The zero-order valence-electron chi connectivity index (χ0n) is 7.71. The van der Waals surface area contributed by atoms with Crippen molar-refractivity contribution in [1.82, 2.24) is 10.6 Å². The number of piperidine rings is 1. The van der Waals surface area contributed by atoms with E-state index in [4.69, 9.17) is 4.74 Å². The van der Waals surface area contributed by atoms with Gasteiger partial charge in [-0.1, -0.05) is 0 Å². The molecule has 1 aliphatic heterocycles. The molecule has 2 aliphatic rings. The Morgan fingerprint density at radius 1 is 1.38 bits per heavy atom. The van der Waals surface area contributed by atoms with E-state index in [0.717, 1.165) is 38.8 Å². The lowest BCUT2D eigenvalue weighted by molar-refractivity contribution is 0.0822. The van der Waals surface area contributed by atoms with E-state index in [-0.39, 0.29) is 12.2 Å². The van der Waals surface area contributed by atoms with E-state index < -0.39 is 0 Å². The Hall–Kier alpha value is -0.770. The highest BCUT2D eigenvalue weighted by Crippen LogP contribution is 2.19. The summed E-state index contributed by atoms with van der Waals surface area (Å²) in [5, 5.41) is 6.02. The zero-order chi connectivity index (χ0) is 9.10. The quantitative estimate of drug-likeness (QED) is 0.661. The van der Waals surface area contributed by atoms with Crippen molar-refractivity contribution in [3.63, 3.8) is 0 Å². The van der Waals surface area contributed by atoms with Crippen molar-refractivity contribution >= 4 is 6.09 Å². The molecule has 1 amide bonds. The molecule has 0 aromatic heterocycles. The van der Waals surface area contributed by atoms with Gasteiger partial charge >= 0.3 is 6.09 Å². The van der Waals surface area contributed by atoms with E-state index in [2.05, 4.69) is 10.6 Å². The van der Waals surface area contributed by atoms with Gasteiger partial charge in [0, 0.05) is 12.6 Å². The van der Waals surface area contributed by atoms with Crippen molar-refractivity contribution in [2.75, 3.05) is 13.1 Å². The molecule has 0 aromatic carbocycles. The summed E-state index contributed by atoms with van der Waals surface area (Å²) in [4.78, 5) is 11.2. The maximum atomic E-state index is 11.2. The molecule has 74 valence electrons. The number of rotatable bonds is 2. The maximum absolute atomic E-state index is 11.2. The van der Waals surface area contributed by atoms with Gasteiger partial charge in [-0.05, 0) is 32.2 Å². The first kappa shape index (κ1) is 8.81. The summed E-state index contributed by atoms with van der Waals surface area (Å²) in [5.74, 6) is 0. The molecule has 0 radical (unpaired) electrons. The van der Waals surface area contributed by atoms with Crippen LogP contribution in [0.1, 0.15) is 25.7 Å². The second-order valence-electron chi connectivity index (χ2n) is 3.79. The van der Waals surface area contributed by atoms with Crippen LogP contribution in [-0.2, 0) is 4.74 Å². The van der Waals surface area contributed by atoms with Gasteiger partial charge in [-0.25, -0.2) is 4.79 Å². The van der Waals surface area contributed by atoms with Gasteiger partial charge in [0.1, 0.15) is 6.10 Å². The molecule has 0 spiro atoms. The maximum Gasteiger partial charge on any atom is 0.407 e. The minimum atomic E-state index is -0.240. The van der Waals surface area contributed by atoms with E-state index in [9.17, 15) is 4.79 Å². The summed E-state index contributed by atoms with van der Waals surface area (Å²) in [6.07, 6.45) is 4.14. The first-order valence-corrected chi connectivity index (χ1v) is 5.02. The molecule has 2 rings (SSSR count). The number of hydrogen-bond donors (Lipinski definition) is 2. The minimum Gasteiger partial charge on any atom is -0.445 e. The van der Waals surface area contributed by atoms with Crippen molar-refractivity contribution in [3.8, 4) is 0 Å². The summed E-state index contributed by atoms with van der Waals surface area (Å²) >= 11 is 0. The Kier molecular flexibility index (Phi) is 2.68. The molecule has 4 nitrogen and oxygen atoms in total. The highest BCUT2D eigenvalue weighted by atomic mass is 16.6. The largest absolute Gasteiger partial charge is 0.445 e. The van der Waals surface area contributed by atoms with Gasteiger partial charge in [0.15, 0.2) is 0 Å². The van der Waals surface area contributed by atoms with E-state index in [0.29, 0.717) is 6.04 Å². The van der Waals surface area contributed by atoms with Crippen molar-refractivity contribution in [3.05, 3.63) is 0 Å². The van der Waals surface area contributed by atoms with E-state index in [1.165, 1.54) is 0 Å². The van der Waals surface area contributed by atoms with Crippen LogP contribution in [-0.4, -0.2) is 31.3 Å². The number of nitrogens with one attached hydrogen (secondary N) is 2. The predicted molar refractivity (Wildman–Crippen MR) is 48.5 cm³/mol. The molecule has 1 atom stereocenters. The van der Waals surface area contributed by atoms with Crippen LogP contribution in [0.15, 0.2) is 0 Å². The van der Waals surface area contributed by atoms with Crippen LogP contribution in [0.5, 0.6) is 0 Å². The van der Waals surface area contributed by atoms with Crippen LogP contribution in [0.4, 0.5) is 4.79 Å². The fraction of sp³-hybridized carbons (Fsp3) is 0.889. The molecule has 4 heteroatoms. The monoisotopic (exact) mass is 184 g/mol. The van der Waals surface area contributed by atoms with Gasteiger partial charge in [0.25, 0.3) is 0 Å².